The maximum Gasteiger partial charge on any atom is 0.251 e. The molecule has 2 aromatic carbocycles. The molecule has 1 aromatic heterocycles. The van der Waals surface area contributed by atoms with Gasteiger partial charge in [-0.15, -0.1) is 0 Å². The van der Waals surface area contributed by atoms with Crippen molar-refractivity contribution in [3.8, 4) is 5.75 Å². The van der Waals surface area contributed by atoms with Gasteiger partial charge in [0.1, 0.15) is 5.75 Å². The highest BCUT2D eigenvalue weighted by Crippen LogP contribution is 2.26. The Bertz CT molecular complexity index is 909. The highest BCUT2D eigenvalue weighted by atomic mass is 35.5. The number of hydrogen-bond donors (Lipinski definition) is 1. The smallest absolute Gasteiger partial charge is 0.251 e. The molecule has 1 N–H and O–H groups in total. The number of pyridine rings is 1. The molecule has 0 fully saturated rings. The van der Waals surface area contributed by atoms with Crippen LogP contribution < -0.4 is 10.1 Å². The largest absolute Gasteiger partial charge is 0.496 e. The average molecular weight is 341 g/mol. The first-order valence-electron chi connectivity index (χ1n) is 7.54. The molecule has 24 heavy (non-hydrogen) atoms. The molecule has 0 saturated heterocycles. The maximum absolute atomic E-state index is 12.4. The molecule has 0 aliphatic carbocycles. The quantitative estimate of drug-likeness (QED) is 0.776. The molecule has 3 aromatic rings. The first-order chi connectivity index (χ1) is 11.6. The fourth-order valence-corrected chi connectivity index (χ4v) is 2.79. The lowest BCUT2D eigenvalue weighted by molar-refractivity contribution is 0.0951. The molecule has 0 bridgehead atoms. The van der Waals surface area contributed by atoms with Gasteiger partial charge in [-0.3, -0.25) is 9.78 Å². The Labute approximate surface area is 145 Å². The van der Waals surface area contributed by atoms with Crippen molar-refractivity contribution in [1.82, 2.24) is 10.3 Å². The number of nitrogens with one attached hydrogen (secondary N) is 1. The highest BCUT2D eigenvalue weighted by Gasteiger charge is 2.10. The number of nitrogens with zero attached hydrogens (tertiary/aromatic N) is 1. The minimum Gasteiger partial charge on any atom is -0.496 e. The lowest BCUT2D eigenvalue weighted by Gasteiger charge is -2.11. The molecule has 122 valence electrons. The summed E-state index contributed by atoms with van der Waals surface area (Å²) in [7, 11) is 1.61. The molecule has 1 amide bonds. The lowest BCUT2D eigenvalue weighted by atomic mass is 10.1. The van der Waals surface area contributed by atoms with Crippen LogP contribution in [0, 0.1) is 6.92 Å². The number of carbonyl (C=O) groups is 1. The average Bonchev–Trinajstić information content (AvgIpc) is 2.61. The number of rotatable bonds is 4. The molecule has 3 rings (SSSR count). The van der Waals surface area contributed by atoms with Gasteiger partial charge < -0.3 is 10.1 Å². The van der Waals surface area contributed by atoms with E-state index in [-0.39, 0.29) is 5.91 Å². The van der Waals surface area contributed by atoms with E-state index >= 15 is 0 Å². The Kier molecular flexibility index (Phi) is 4.67. The van der Waals surface area contributed by atoms with Gasteiger partial charge in [0, 0.05) is 28.7 Å². The minimum absolute atomic E-state index is 0.148. The van der Waals surface area contributed by atoms with Crippen molar-refractivity contribution in [2.24, 2.45) is 0 Å². The summed E-state index contributed by atoms with van der Waals surface area (Å²) in [6, 6.07) is 12.9. The van der Waals surface area contributed by atoms with Crippen LogP contribution in [0.5, 0.6) is 5.75 Å². The number of benzene rings is 2. The summed E-state index contributed by atoms with van der Waals surface area (Å²) >= 11 is 6.25. The topological polar surface area (TPSA) is 51.2 Å². The molecule has 0 atom stereocenters. The zero-order valence-corrected chi connectivity index (χ0v) is 14.2. The van der Waals surface area contributed by atoms with Crippen molar-refractivity contribution in [2.75, 3.05) is 7.11 Å². The van der Waals surface area contributed by atoms with E-state index in [0.29, 0.717) is 17.1 Å². The van der Waals surface area contributed by atoms with Gasteiger partial charge in [0.25, 0.3) is 5.91 Å². The Balaban J connectivity index is 1.76. The number of halogens is 1. The summed E-state index contributed by atoms with van der Waals surface area (Å²) < 4.78 is 5.24. The van der Waals surface area contributed by atoms with Crippen LogP contribution in [0.15, 0.2) is 48.7 Å². The molecule has 0 aliphatic heterocycles. The van der Waals surface area contributed by atoms with Crippen LogP contribution in [0.2, 0.25) is 5.02 Å². The minimum atomic E-state index is -0.148. The third kappa shape index (κ3) is 3.34. The summed E-state index contributed by atoms with van der Waals surface area (Å²) in [5.74, 6) is 0.586. The first-order valence-corrected chi connectivity index (χ1v) is 7.92. The van der Waals surface area contributed by atoms with Crippen LogP contribution in [0.4, 0.5) is 0 Å². The van der Waals surface area contributed by atoms with E-state index in [2.05, 4.69) is 10.3 Å². The number of aromatic nitrogens is 1. The Morgan fingerprint density at radius 2 is 2.08 bits per heavy atom. The number of methoxy groups -OCH3 is 1. The van der Waals surface area contributed by atoms with Crippen molar-refractivity contribution < 1.29 is 9.53 Å². The summed E-state index contributed by atoms with van der Waals surface area (Å²) in [5, 5.41) is 4.40. The molecular formula is C19H17ClN2O2. The fraction of sp³-hybridized carbons (Fsp3) is 0.158. The Hall–Kier alpha value is -2.59. The zero-order valence-electron chi connectivity index (χ0n) is 13.5. The number of ether oxygens (including phenoxy) is 1. The summed E-state index contributed by atoms with van der Waals surface area (Å²) in [5.41, 5.74) is 3.29. The van der Waals surface area contributed by atoms with Gasteiger partial charge in [0.05, 0.1) is 12.6 Å². The third-order valence-electron chi connectivity index (χ3n) is 3.87. The third-order valence-corrected chi connectivity index (χ3v) is 4.22. The number of hydrogen-bond acceptors (Lipinski definition) is 3. The van der Waals surface area contributed by atoms with Crippen molar-refractivity contribution in [3.05, 3.63) is 70.4 Å². The van der Waals surface area contributed by atoms with Crippen LogP contribution in [-0.4, -0.2) is 18.0 Å². The molecule has 0 unspecified atom stereocenters. The van der Waals surface area contributed by atoms with Crippen molar-refractivity contribution in [3.63, 3.8) is 0 Å². The predicted octanol–water partition coefficient (Wildman–Crippen LogP) is 4.14. The summed E-state index contributed by atoms with van der Waals surface area (Å²) in [6.45, 7) is 2.30. The molecule has 0 spiro atoms. The molecular weight excluding hydrogens is 324 g/mol. The van der Waals surface area contributed by atoms with E-state index < -0.39 is 0 Å². The van der Waals surface area contributed by atoms with Gasteiger partial charge in [0.2, 0.25) is 0 Å². The summed E-state index contributed by atoms with van der Waals surface area (Å²) in [4.78, 5) is 16.6. The second-order valence-corrected chi connectivity index (χ2v) is 5.91. The SMILES string of the molecule is COc1cc(Cl)c(CNC(=O)c2ccc3ncccc3c2)cc1C. The van der Waals surface area contributed by atoms with Crippen molar-refractivity contribution in [1.29, 1.82) is 0 Å². The molecule has 1 heterocycles. The standard InChI is InChI=1S/C19H17ClN2O2/c1-12-8-15(16(20)10-18(12)24-2)11-22-19(23)14-5-6-17-13(9-14)4-3-7-21-17/h3-10H,11H2,1-2H3,(H,22,23). The second-order valence-electron chi connectivity index (χ2n) is 5.51. The number of amides is 1. The normalized spacial score (nSPS) is 10.6. The lowest BCUT2D eigenvalue weighted by Crippen LogP contribution is -2.23. The van der Waals surface area contributed by atoms with E-state index in [1.807, 2.05) is 37.3 Å². The number of carbonyl (C=O) groups excluding carboxylic acids is 1. The van der Waals surface area contributed by atoms with Crippen LogP contribution >= 0.6 is 11.6 Å². The van der Waals surface area contributed by atoms with E-state index in [0.717, 1.165) is 27.8 Å². The van der Waals surface area contributed by atoms with Crippen molar-refractivity contribution in [2.45, 2.75) is 13.5 Å². The molecule has 4 nitrogen and oxygen atoms in total. The van der Waals surface area contributed by atoms with Gasteiger partial charge in [0.15, 0.2) is 0 Å². The fourth-order valence-electron chi connectivity index (χ4n) is 2.57. The maximum atomic E-state index is 12.4. The van der Waals surface area contributed by atoms with Gasteiger partial charge in [-0.05, 0) is 54.4 Å². The van der Waals surface area contributed by atoms with E-state index in [9.17, 15) is 4.79 Å². The molecule has 5 heteroatoms. The van der Waals surface area contributed by atoms with E-state index in [1.54, 1.807) is 25.4 Å². The van der Waals surface area contributed by atoms with Crippen LogP contribution in [-0.2, 0) is 6.54 Å². The van der Waals surface area contributed by atoms with E-state index in [4.69, 9.17) is 16.3 Å². The predicted molar refractivity (Wildman–Crippen MR) is 95.7 cm³/mol. The number of fused-ring (bicyclic) bond motifs is 1. The van der Waals surface area contributed by atoms with Gasteiger partial charge in [-0.2, -0.15) is 0 Å². The van der Waals surface area contributed by atoms with Crippen LogP contribution in [0.25, 0.3) is 10.9 Å². The Morgan fingerprint density at radius 1 is 1.25 bits per heavy atom. The molecule has 0 saturated carbocycles. The van der Waals surface area contributed by atoms with Gasteiger partial charge in [-0.1, -0.05) is 17.7 Å². The van der Waals surface area contributed by atoms with E-state index in [1.165, 1.54) is 0 Å². The number of aryl methyl sites for hydroxylation is 1. The second kappa shape index (κ2) is 6.89. The summed E-state index contributed by atoms with van der Waals surface area (Å²) in [6.07, 6.45) is 1.73. The molecule has 0 aliphatic rings. The monoisotopic (exact) mass is 340 g/mol. The van der Waals surface area contributed by atoms with Crippen LogP contribution in [0.3, 0.4) is 0 Å². The van der Waals surface area contributed by atoms with Gasteiger partial charge >= 0.3 is 0 Å². The van der Waals surface area contributed by atoms with Crippen molar-refractivity contribution >= 4 is 28.4 Å². The Morgan fingerprint density at radius 3 is 2.88 bits per heavy atom. The molecule has 0 radical (unpaired) electrons. The first kappa shape index (κ1) is 16.3. The van der Waals surface area contributed by atoms with Crippen LogP contribution in [0.1, 0.15) is 21.5 Å². The highest BCUT2D eigenvalue weighted by molar-refractivity contribution is 6.31. The van der Waals surface area contributed by atoms with Gasteiger partial charge in [-0.25, -0.2) is 0 Å². The zero-order chi connectivity index (χ0) is 17.1.